The normalized spacial score (nSPS) is 12.1. The predicted octanol–water partition coefficient (Wildman–Crippen LogP) is 3.64. The molecule has 25 heavy (non-hydrogen) atoms. The van der Waals surface area contributed by atoms with Crippen LogP contribution in [-0.2, 0) is 0 Å². The van der Waals surface area contributed by atoms with E-state index >= 15 is 0 Å². The third-order valence-corrected chi connectivity index (χ3v) is 3.83. The molecule has 0 radical (unpaired) electrons. The third kappa shape index (κ3) is 3.12. The van der Waals surface area contributed by atoms with Crippen molar-refractivity contribution in [1.82, 2.24) is 24.6 Å². The molecule has 4 aromatic rings. The fourth-order valence-electron chi connectivity index (χ4n) is 2.64. The lowest BCUT2D eigenvalue weighted by atomic mass is 10.1. The fourth-order valence-corrected chi connectivity index (χ4v) is 2.64. The SMILES string of the molecule is FC(F)(F)CCNc1ncc2c(-c3ccn4nccc4c3)c[nH]c2n1. The van der Waals surface area contributed by atoms with Gasteiger partial charge < -0.3 is 10.3 Å². The van der Waals surface area contributed by atoms with Gasteiger partial charge in [-0.3, -0.25) is 0 Å². The van der Waals surface area contributed by atoms with E-state index in [2.05, 4.69) is 25.4 Å². The van der Waals surface area contributed by atoms with Crippen molar-refractivity contribution in [1.29, 1.82) is 0 Å². The Morgan fingerprint density at radius 1 is 1.24 bits per heavy atom. The second-order valence-corrected chi connectivity index (χ2v) is 5.57. The van der Waals surface area contributed by atoms with E-state index in [9.17, 15) is 13.2 Å². The quantitative estimate of drug-likeness (QED) is 0.592. The van der Waals surface area contributed by atoms with Gasteiger partial charge in [0, 0.05) is 42.3 Å². The van der Waals surface area contributed by atoms with Crippen molar-refractivity contribution in [2.45, 2.75) is 12.6 Å². The first-order valence-electron chi connectivity index (χ1n) is 7.58. The minimum Gasteiger partial charge on any atom is -0.354 e. The summed E-state index contributed by atoms with van der Waals surface area (Å²) in [6, 6.07) is 5.82. The van der Waals surface area contributed by atoms with Gasteiger partial charge >= 0.3 is 6.18 Å². The summed E-state index contributed by atoms with van der Waals surface area (Å²) in [5.74, 6) is 0.163. The number of nitrogens with one attached hydrogen (secondary N) is 2. The Kier molecular flexibility index (Phi) is 3.56. The summed E-state index contributed by atoms with van der Waals surface area (Å²) in [6.07, 6.45) is 1.85. The van der Waals surface area contributed by atoms with E-state index in [1.54, 1.807) is 23.1 Å². The maximum atomic E-state index is 12.2. The molecule has 0 spiro atoms. The summed E-state index contributed by atoms with van der Waals surface area (Å²) in [5.41, 5.74) is 3.41. The number of anilines is 1. The van der Waals surface area contributed by atoms with E-state index in [-0.39, 0.29) is 12.5 Å². The first-order chi connectivity index (χ1) is 12.0. The van der Waals surface area contributed by atoms with Crippen LogP contribution < -0.4 is 5.32 Å². The Morgan fingerprint density at radius 2 is 2.12 bits per heavy atom. The lowest BCUT2D eigenvalue weighted by Gasteiger charge is -2.07. The molecule has 0 aliphatic heterocycles. The summed E-state index contributed by atoms with van der Waals surface area (Å²) in [7, 11) is 0. The average molecular weight is 346 g/mol. The van der Waals surface area contributed by atoms with Crippen molar-refractivity contribution >= 4 is 22.5 Å². The smallest absolute Gasteiger partial charge is 0.354 e. The zero-order valence-electron chi connectivity index (χ0n) is 12.9. The number of aromatic nitrogens is 5. The molecule has 0 aromatic carbocycles. The van der Waals surface area contributed by atoms with Crippen LogP contribution in [0.2, 0.25) is 0 Å². The summed E-state index contributed by atoms with van der Waals surface area (Å²) in [5, 5.41) is 7.54. The highest BCUT2D eigenvalue weighted by Crippen LogP contribution is 2.28. The Balaban J connectivity index is 1.61. The van der Waals surface area contributed by atoms with Gasteiger partial charge in [-0.1, -0.05) is 0 Å². The van der Waals surface area contributed by atoms with Crippen LogP contribution in [0.4, 0.5) is 19.1 Å². The molecular formula is C16H13F3N6. The van der Waals surface area contributed by atoms with Crippen LogP contribution in [0, 0.1) is 0 Å². The second kappa shape index (κ2) is 5.76. The van der Waals surface area contributed by atoms with Gasteiger partial charge in [0.25, 0.3) is 0 Å². The summed E-state index contributed by atoms with van der Waals surface area (Å²) in [4.78, 5) is 11.4. The van der Waals surface area contributed by atoms with E-state index < -0.39 is 12.6 Å². The van der Waals surface area contributed by atoms with Crippen LogP contribution in [0.1, 0.15) is 6.42 Å². The zero-order chi connectivity index (χ0) is 17.4. The number of fused-ring (bicyclic) bond motifs is 2. The standard InChI is InChI=1S/C16H13F3N6/c17-16(18,19)3-5-20-15-22-9-13-12(8-21-14(13)24-15)10-2-6-25-11(7-10)1-4-23-25/h1-2,4,6-9H,3,5H2,(H2,20,21,22,24). The molecule has 0 amide bonds. The molecule has 0 aliphatic rings. The first kappa shape index (κ1) is 15.4. The maximum absolute atomic E-state index is 12.2. The Morgan fingerprint density at radius 3 is 2.96 bits per heavy atom. The molecule has 4 aromatic heterocycles. The van der Waals surface area contributed by atoms with Gasteiger partial charge in [0.1, 0.15) is 5.65 Å². The summed E-state index contributed by atoms with van der Waals surface area (Å²) < 4.78 is 38.4. The summed E-state index contributed by atoms with van der Waals surface area (Å²) >= 11 is 0. The van der Waals surface area contributed by atoms with Gasteiger partial charge in [-0.25, -0.2) is 9.50 Å². The summed E-state index contributed by atoms with van der Waals surface area (Å²) in [6.45, 7) is -0.263. The predicted molar refractivity (Wildman–Crippen MR) is 87.2 cm³/mol. The van der Waals surface area contributed by atoms with Gasteiger partial charge in [-0.05, 0) is 23.8 Å². The zero-order valence-corrected chi connectivity index (χ0v) is 12.9. The van der Waals surface area contributed by atoms with Crippen molar-refractivity contribution in [3.8, 4) is 11.1 Å². The van der Waals surface area contributed by atoms with Crippen LogP contribution in [0.15, 0.2) is 43.0 Å². The number of halogens is 3. The van der Waals surface area contributed by atoms with Crippen molar-refractivity contribution in [3.63, 3.8) is 0 Å². The molecule has 0 fully saturated rings. The van der Waals surface area contributed by atoms with Gasteiger partial charge in [-0.2, -0.15) is 23.3 Å². The van der Waals surface area contributed by atoms with Crippen LogP contribution in [0.3, 0.4) is 0 Å². The highest BCUT2D eigenvalue weighted by Gasteiger charge is 2.26. The Bertz CT molecular complexity index is 1030. The van der Waals surface area contributed by atoms with Crippen LogP contribution in [0.25, 0.3) is 27.7 Å². The van der Waals surface area contributed by atoms with E-state index in [1.165, 1.54) is 0 Å². The second-order valence-electron chi connectivity index (χ2n) is 5.57. The number of rotatable bonds is 4. The molecule has 0 saturated heterocycles. The lowest BCUT2D eigenvalue weighted by Crippen LogP contribution is -2.15. The monoisotopic (exact) mass is 346 g/mol. The highest BCUT2D eigenvalue weighted by atomic mass is 19.4. The largest absolute Gasteiger partial charge is 0.390 e. The van der Waals surface area contributed by atoms with Crippen molar-refractivity contribution in [3.05, 3.63) is 43.0 Å². The molecule has 128 valence electrons. The van der Waals surface area contributed by atoms with Gasteiger partial charge in [0.2, 0.25) is 5.95 Å². The molecule has 6 nitrogen and oxygen atoms in total. The lowest BCUT2D eigenvalue weighted by molar-refractivity contribution is -0.131. The molecule has 0 bridgehead atoms. The fraction of sp³-hybridized carbons (Fsp3) is 0.188. The maximum Gasteiger partial charge on any atom is 0.390 e. The Hall–Kier alpha value is -3.10. The van der Waals surface area contributed by atoms with Crippen molar-refractivity contribution in [2.75, 3.05) is 11.9 Å². The highest BCUT2D eigenvalue weighted by molar-refractivity contribution is 5.94. The number of pyridine rings is 1. The van der Waals surface area contributed by atoms with E-state index in [0.717, 1.165) is 22.0 Å². The molecule has 4 rings (SSSR count). The first-order valence-corrected chi connectivity index (χ1v) is 7.58. The van der Waals surface area contributed by atoms with E-state index in [4.69, 9.17) is 0 Å². The van der Waals surface area contributed by atoms with E-state index in [1.807, 2.05) is 24.4 Å². The number of H-pyrrole nitrogens is 1. The van der Waals surface area contributed by atoms with E-state index in [0.29, 0.717) is 5.65 Å². The van der Waals surface area contributed by atoms with Gasteiger partial charge in [0.15, 0.2) is 0 Å². The number of nitrogens with zero attached hydrogens (tertiary/aromatic N) is 4. The van der Waals surface area contributed by atoms with Gasteiger partial charge in [0.05, 0.1) is 11.9 Å². The Labute approximate surface area is 139 Å². The molecular weight excluding hydrogens is 333 g/mol. The van der Waals surface area contributed by atoms with Crippen molar-refractivity contribution < 1.29 is 13.2 Å². The topological polar surface area (TPSA) is 70.9 Å². The number of aromatic amines is 1. The minimum absolute atomic E-state index is 0.163. The minimum atomic E-state index is -4.21. The van der Waals surface area contributed by atoms with Crippen LogP contribution in [-0.4, -0.2) is 37.3 Å². The molecule has 0 aliphatic carbocycles. The van der Waals surface area contributed by atoms with Gasteiger partial charge in [-0.15, -0.1) is 0 Å². The molecule has 4 heterocycles. The average Bonchev–Trinajstić information content (AvgIpc) is 3.19. The molecule has 0 atom stereocenters. The van der Waals surface area contributed by atoms with Crippen LogP contribution >= 0.6 is 0 Å². The van der Waals surface area contributed by atoms with Crippen molar-refractivity contribution in [2.24, 2.45) is 0 Å². The number of hydrogen-bond acceptors (Lipinski definition) is 4. The van der Waals surface area contributed by atoms with Crippen LogP contribution in [0.5, 0.6) is 0 Å². The molecule has 9 heteroatoms. The molecule has 0 unspecified atom stereocenters. The third-order valence-electron chi connectivity index (χ3n) is 3.83. The number of hydrogen-bond donors (Lipinski definition) is 2. The molecule has 0 saturated carbocycles. The number of alkyl halides is 3. The molecule has 2 N–H and O–H groups in total.